The molecule has 1 aliphatic rings. The Labute approximate surface area is 190 Å². The van der Waals surface area contributed by atoms with Gasteiger partial charge in [0.15, 0.2) is 0 Å². The quantitative estimate of drug-likeness (QED) is 0.399. The Morgan fingerprint density at radius 2 is 1.75 bits per heavy atom. The lowest BCUT2D eigenvalue weighted by Gasteiger charge is -2.26. The standard InChI is InChI=1S/C29H30N2O/c1-21-9-2-3-11-23(21)19-31-20-24(26-14-6-7-16-28(26)31)17-18-29(32)30-27-15-8-12-22-10-4-5-13-25(22)27/h2-7,9-11,13-14,16,20,27H,8,12,15,17-19H2,1H3,(H,30,32)/t27-/m0/s1. The Kier molecular flexibility index (Phi) is 5.81. The van der Waals surface area contributed by atoms with Crippen LogP contribution in [0.2, 0.25) is 0 Å². The van der Waals surface area contributed by atoms with Crippen LogP contribution in [0.25, 0.3) is 10.9 Å². The summed E-state index contributed by atoms with van der Waals surface area (Å²) in [7, 11) is 0. The highest BCUT2D eigenvalue weighted by Gasteiger charge is 2.21. The van der Waals surface area contributed by atoms with Crippen molar-refractivity contribution in [2.75, 3.05) is 0 Å². The van der Waals surface area contributed by atoms with Gasteiger partial charge in [-0.25, -0.2) is 0 Å². The van der Waals surface area contributed by atoms with Crippen LogP contribution in [0.1, 0.15) is 53.1 Å². The highest BCUT2D eigenvalue weighted by Crippen LogP contribution is 2.30. The van der Waals surface area contributed by atoms with Crippen molar-refractivity contribution in [2.45, 2.75) is 51.6 Å². The van der Waals surface area contributed by atoms with E-state index in [4.69, 9.17) is 0 Å². The lowest BCUT2D eigenvalue weighted by molar-refractivity contribution is -0.121. The summed E-state index contributed by atoms with van der Waals surface area (Å²) in [4.78, 5) is 12.9. The number of rotatable bonds is 6. The zero-order valence-corrected chi connectivity index (χ0v) is 18.7. The number of carbonyl (C=O) groups is 1. The molecular formula is C29H30N2O. The van der Waals surface area contributed by atoms with E-state index in [0.29, 0.717) is 6.42 Å². The summed E-state index contributed by atoms with van der Waals surface area (Å²) >= 11 is 0. The molecule has 0 unspecified atom stereocenters. The number of hydrogen-bond donors (Lipinski definition) is 1. The lowest BCUT2D eigenvalue weighted by atomic mass is 9.87. The predicted octanol–water partition coefficient (Wildman–Crippen LogP) is 6.12. The minimum Gasteiger partial charge on any atom is -0.349 e. The van der Waals surface area contributed by atoms with Gasteiger partial charge in [0.05, 0.1) is 6.04 Å². The summed E-state index contributed by atoms with van der Waals surface area (Å²) in [6.45, 7) is 3.01. The van der Waals surface area contributed by atoms with E-state index in [1.165, 1.54) is 38.7 Å². The van der Waals surface area contributed by atoms with Crippen molar-refractivity contribution >= 4 is 16.8 Å². The van der Waals surface area contributed by atoms with Crippen molar-refractivity contribution in [1.29, 1.82) is 0 Å². The third-order valence-corrected chi connectivity index (χ3v) is 6.80. The van der Waals surface area contributed by atoms with Gasteiger partial charge in [-0.1, -0.05) is 66.7 Å². The minimum absolute atomic E-state index is 0.141. The Bertz CT molecular complexity index is 1250. The van der Waals surface area contributed by atoms with Gasteiger partial charge >= 0.3 is 0 Å². The molecule has 3 aromatic carbocycles. The van der Waals surface area contributed by atoms with Gasteiger partial charge in [-0.15, -0.1) is 0 Å². The second-order valence-electron chi connectivity index (χ2n) is 8.94. The minimum atomic E-state index is 0.141. The van der Waals surface area contributed by atoms with Gasteiger partial charge < -0.3 is 9.88 Å². The molecule has 0 spiro atoms. The lowest BCUT2D eigenvalue weighted by Crippen LogP contribution is -2.31. The molecular weight excluding hydrogens is 392 g/mol. The van der Waals surface area contributed by atoms with Crippen molar-refractivity contribution in [3.63, 3.8) is 0 Å². The Hall–Kier alpha value is -3.33. The number of benzene rings is 3. The second-order valence-corrected chi connectivity index (χ2v) is 8.94. The normalized spacial score (nSPS) is 15.5. The number of carbonyl (C=O) groups excluding carboxylic acids is 1. The largest absolute Gasteiger partial charge is 0.349 e. The van der Waals surface area contributed by atoms with Gasteiger partial charge in [-0.05, 0) is 66.5 Å². The van der Waals surface area contributed by atoms with Crippen LogP contribution in [0, 0.1) is 6.92 Å². The molecule has 0 saturated heterocycles. The van der Waals surface area contributed by atoms with E-state index in [2.05, 4.69) is 95.8 Å². The molecule has 162 valence electrons. The van der Waals surface area contributed by atoms with E-state index in [1.807, 2.05) is 0 Å². The van der Waals surface area contributed by atoms with Crippen molar-refractivity contribution in [2.24, 2.45) is 0 Å². The van der Waals surface area contributed by atoms with Crippen molar-refractivity contribution in [3.8, 4) is 0 Å². The number of aromatic nitrogens is 1. The highest BCUT2D eigenvalue weighted by molar-refractivity contribution is 5.85. The van der Waals surface area contributed by atoms with Gasteiger partial charge in [0.2, 0.25) is 5.91 Å². The molecule has 3 nitrogen and oxygen atoms in total. The summed E-state index contributed by atoms with van der Waals surface area (Å²) in [5.41, 5.74) is 7.78. The van der Waals surface area contributed by atoms with Crippen LogP contribution in [0.4, 0.5) is 0 Å². The van der Waals surface area contributed by atoms with Crippen LogP contribution in [-0.2, 0) is 24.2 Å². The monoisotopic (exact) mass is 422 g/mol. The van der Waals surface area contributed by atoms with Crippen LogP contribution in [-0.4, -0.2) is 10.5 Å². The summed E-state index contributed by atoms with van der Waals surface area (Å²) in [6, 6.07) is 25.7. The molecule has 1 amide bonds. The molecule has 32 heavy (non-hydrogen) atoms. The summed E-state index contributed by atoms with van der Waals surface area (Å²) in [5, 5.41) is 4.55. The van der Waals surface area contributed by atoms with Crippen LogP contribution < -0.4 is 5.32 Å². The van der Waals surface area contributed by atoms with Crippen molar-refractivity contribution < 1.29 is 4.79 Å². The molecule has 1 N–H and O–H groups in total. The number of nitrogens with zero attached hydrogens (tertiary/aromatic N) is 1. The zero-order valence-electron chi connectivity index (χ0n) is 18.7. The fourth-order valence-electron chi connectivity index (χ4n) is 5.04. The first-order chi connectivity index (χ1) is 15.7. The SMILES string of the molecule is Cc1ccccc1Cn1cc(CCC(=O)N[C@H]2CCCc3ccccc32)c2ccccc21. The maximum atomic E-state index is 12.9. The Balaban J connectivity index is 1.31. The fraction of sp³-hybridized carbons (Fsp3) is 0.276. The van der Waals surface area contributed by atoms with Gasteiger partial charge in [0.25, 0.3) is 0 Å². The van der Waals surface area contributed by atoms with Crippen LogP contribution >= 0.6 is 0 Å². The predicted molar refractivity (Wildman–Crippen MR) is 131 cm³/mol. The average molecular weight is 423 g/mol. The van der Waals surface area contributed by atoms with E-state index < -0.39 is 0 Å². The smallest absolute Gasteiger partial charge is 0.220 e. The second kappa shape index (κ2) is 9.04. The third kappa shape index (κ3) is 4.20. The van der Waals surface area contributed by atoms with E-state index in [1.54, 1.807) is 0 Å². The Morgan fingerprint density at radius 1 is 0.969 bits per heavy atom. The number of nitrogens with one attached hydrogen (secondary N) is 1. The maximum absolute atomic E-state index is 12.9. The maximum Gasteiger partial charge on any atom is 0.220 e. The number of aryl methyl sites for hydroxylation is 3. The van der Waals surface area contributed by atoms with Crippen molar-refractivity contribution in [3.05, 3.63) is 107 Å². The topological polar surface area (TPSA) is 34.0 Å². The fourth-order valence-corrected chi connectivity index (χ4v) is 5.04. The summed E-state index contributed by atoms with van der Waals surface area (Å²) < 4.78 is 2.32. The molecule has 4 aromatic rings. The Morgan fingerprint density at radius 3 is 2.66 bits per heavy atom. The first-order valence-electron chi connectivity index (χ1n) is 11.7. The van der Waals surface area contributed by atoms with Crippen LogP contribution in [0.5, 0.6) is 0 Å². The molecule has 0 fully saturated rings. The molecule has 1 aromatic heterocycles. The average Bonchev–Trinajstić information content (AvgIpc) is 3.17. The van der Waals surface area contributed by atoms with Gasteiger partial charge in [0.1, 0.15) is 0 Å². The summed E-state index contributed by atoms with van der Waals surface area (Å²) in [5.74, 6) is 0.141. The van der Waals surface area contributed by atoms with E-state index >= 15 is 0 Å². The van der Waals surface area contributed by atoms with Gasteiger partial charge in [0, 0.05) is 30.1 Å². The first kappa shape index (κ1) is 20.6. The molecule has 0 radical (unpaired) electrons. The van der Waals surface area contributed by atoms with E-state index in [0.717, 1.165) is 32.2 Å². The molecule has 0 aliphatic heterocycles. The molecule has 3 heteroatoms. The van der Waals surface area contributed by atoms with Gasteiger partial charge in [-0.2, -0.15) is 0 Å². The summed E-state index contributed by atoms with van der Waals surface area (Å²) in [6.07, 6.45) is 6.77. The number of hydrogen-bond acceptors (Lipinski definition) is 1. The third-order valence-electron chi connectivity index (χ3n) is 6.80. The zero-order chi connectivity index (χ0) is 21.9. The van der Waals surface area contributed by atoms with Gasteiger partial charge in [-0.3, -0.25) is 4.79 Å². The molecule has 0 bridgehead atoms. The van der Waals surface area contributed by atoms with E-state index in [-0.39, 0.29) is 11.9 Å². The molecule has 1 heterocycles. The molecule has 5 rings (SSSR count). The van der Waals surface area contributed by atoms with Crippen LogP contribution in [0.3, 0.4) is 0 Å². The van der Waals surface area contributed by atoms with Crippen molar-refractivity contribution in [1.82, 2.24) is 9.88 Å². The number of amides is 1. The molecule has 1 aliphatic carbocycles. The number of para-hydroxylation sites is 1. The van der Waals surface area contributed by atoms with E-state index in [9.17, 15) is 4.79 Å². The number of fused-ring (bicyclic) bond motifs is 2. The van der Waals surface area contributed by atoms with Crippen LogP contribution in [0.15, 0.2) is 79.0 Å². The molecule has 1 atom stereocenters. The molecule has 0 saturated carbocycles. The highest BCUT2D eigenvalue weighted by atomic mass is 16.1. The first-order valence-corrected chi connectivity index (χ1v) is 11.7.